The molecule has 2 aliphatic heterocycles. The average molecular weight is 717 g/mol. The van der Waals surface area contributed by atoms with Gasteiger partial charge in [0.1, 0.15) is 25.3 Å². The summed E-state index contributed by atoms with van der Waals surface area (Å²) in [7, 11) is -1.58. The molecule has 0 unspecified atom stereocenters. The Hall–Kier alpha value is -4.60. The molecule has 51 heavy (non-hydrogen) atoms. The summed E-state index contributed by atoms with van der Waals surface area (Å²) in [6, 6.07) is 21.1. The van der Waals surface area contributed by atoms with Gasteiger partial charge in [-0.25, -0.2) is 14.3 Å². The van der Waals surface area contributed by atoms with E-state index in [0.717, 1.165) is 42.9 Å². The van der Waals surface area contributed by atoms with E-state index in [-0.39, 0.29) is 17.9 Å². The summed E-state index contributed by atoms with van der Waals surface area (Å²) in [5.41, 5.74) is 7.44. The molecular weight excluding hydrogens is 661 g/mol. The van der Waals surface area contributed by atoms with Crippen molar-refractivity contribution in [3.05, 3.63) is 78.6 Å². The number of para-hydroxylation sites is 2. The van der Waals surface area contributed by atoms with Gasteiger partial charge < -0.3 is 14.9 Å². The highest BCUT2D eigenvalue weighted by atomic mass is 28.3. The van der Waals surface area contributed by atoms with Gasteiger partial charge in [-0.3, -0.25) is 20.4 Å². The first-order valence-electron chi connectivity index (χ1n) is 17.6. The first-order chi connectivity index (χ1) is 23.9. The van der Waals surface area contributed by atoms with Crippen LogP contribution >= 0.6 is 0 Å². The van der Waals surface area contributed by atoms with Crippen molar-refractivity contribution in [2.24, 2.45) is 5.84 Å². The number of rotatable bonds is 4. The van der Waals surface area contributed by atoms with Gasteiger partial charge in [-0.15, -0.1) is 5.54 Å². The minimum absolute atomic E-state index is 0.00480. The Labute approximate surface area is 304 Å². The maximum Gasteiger partial charge on any atom is 0.410 e. The lowest BCUT2D eigenvalue weighted by Crippen LogP contribution is -2.43. The van der Waals surface area contributed by atoms with Gasteiger partial charge in [0.05, 0.1) is 17.4 Å². The van der Waals surface area contributed by atoms with Gasteiger partial charge in [0, 0.05) is 25.0 Å². The van der Waals surface area contributed by atoms with Crippen molar-refractivity contribution in [2.45, 2.75) is 110 Å². The first-order valence-corrected chi connectivity index (χ1v) is 21.1. The summed E-state index contributed by atoms with van der Waals surface area (Å²) < 4.78 is 12.7. The number of carbonyl (C=O) groups excluding carboxylic acids is 3. The maximum atomic E-state index is 12.4. The predicted molar refractivity (Wildman–Crippen MR) is 205 cm³/mol. The van der Waals surface area contributed by atoms with Crippen LogP contribution in [0.3, 0.4) is 0 Å². The van der Waals surface area contributed by atoms with Crippen molar-refractivity contribution in [3.63, 3.8) is 0 Å². The van der Waals surface area contributed by atoms with Crippen LogP contribution in [0.4, 0.5) is 15.3 Å². The Morgan fingerprint density at radius 1 is 0.804 bits per heavy atom. The fraction of sp³-hybridized carbons (Fsp3) is 0.487. The number of anilines is 1. The Kier molecular flexibility index (Phi) is 14.5. The lowest BCUT2D eigenvalue weighted by Gasteiger charge is -2.27. The van der Waals surface area contributed by atoms with Crippen molar-refractivity contribution in [3.8, 4) is 17.2 Å². The number of ether oxygens (including phenoxy) is 2. The zero-order valence-corrected chi connectivity index (χ0v) is 32.7. The largest absolute Gasteiger partial charge is 0.444 e. The van der Waals surface area contributed by atoms with Gasteiger partial charge in [-0.05, 0) is 103 Å². The van der Waals surface area contributed by atoms with Gasteiger partial charge in [0.15, 0.2) is 0 Å². The quantitative estimate of drug-likeness (QED) is 0.121. The molecule has 2 aromatic carbocycles. The van der Waals surface area contributed by atoms with Crippen LogP contribution in [0.15, 0.2) is 72.9 Å². The SMILES string of the molecule is CC(C)(C)OC(=O)N1CCC[C@H]1C(=O)C#C[Si](C)(C)C.CC(C)(C)OC(=O)N1CCC[C@H]1c1ccn(-c2ccccc2)n1.NNc1ccccc1. The van der Waals surface area contributed by atoms with Crippen LogP contribution in [-0.2, 0) is 14.3 Å². The molecule has 3 aromatic rings. The summed E-state index contributed by atoms with van der Waals surface area (Å²) in [6.07, 6.45) is 4.67. The first kappa shape index (κ1) is 40.8. The third kappa shape index (κ3) is 13.9. The van der Waals surface area contributed by atoms with Crippen LogP contribution in [-0.4, -0.2) is 76.0 Å². The second-order valence-electron chi connectivity index (χ2n) is 15.6. The predicted octanol–water partition coefficient (Wildman–Crippen LogP) is 7.75. The Morgan fingerprint density at radius 3 is 1.86 bits per heavy atom. The molecule has 3 heterocycles. The Morgan fingerprint density at radius 2 is 1.33 bits per heavy atom. The highest BCUT2D eigenvalue weighted by Crippen LogP contribution is 2.32. The van der Waals surface area contributed by atoms with E-state index >= 15 is 0 Å². The zero-order chi connectivity index (χ0) is 37.8. The highest BCUT2D eigenvalue weighted by Gasteiger charge is 2.36. The van der Waals surface area contributed by atoms with Crippen LogP contribution in [0.1, 0.15) is 79.0 Å². The molecule has 2 atom stereocenters. The van der Waals surface area contributed by atoms with Crippen LogP contribution in [0.5, 0.6) is 0 Å². The van der Waals surface area contributed by atoms with Crippen LogP contribution in [0.25, 0.3) is 5.69 Å². The smallest absolute Gasteiger partial charge is 0.410 e. The number of hydrogen-bond donors (Lipinski definition) is 2. The number of amides is 2. The molecule has 11 nitrogen and oxygen atoms in total. The number of nitrogens with zero attached hydrogens (tertiary/aromatic N) is 4. The van der Waals surface area contributed by atoms with E-state index in [1.54, 1.807) is 4.90 Å². The lowest BCUT2D eigenvalue weighted by atomic mass is 10.1. The lowest BCUT2D eigenvalue weighted by molar-refractivity contribution is -0.117. The number of nitrogens with two attached hydrogens (primary N) is 1. The Bertz CT molecular complexity index is 1630. The van der Waals surface area contributed by atoms with Crippen molar-refractivity contribution in [1.82, 2.24) is 19.6 Å². The molecule has 0 bridgehead atoms. The summed E-state index contributed by atoms with van der Waals surface area (Å²) in [5.74, 6) is 7.68. The molecule has 2 saturated heterocycles. The number of ketones is 1. The molecule has 3 N–H and O–H groups in total. The van der Waals surface area contributed by atoms with Crippen molar-refractivity contribution in [2.75, 3.05) is 18.5 Å². The standard InChI is InChI=1S/C18H23N3O2.C15H25NO3Si.C6H8N2/c1-18(2,3)23-17(22)20-12-7-10-16(20)15-11-13-21(19-15)14-8-5-4-6-9-14;1-15(2,3)19-14(18)16-10-7-8-12(16)13(17)9-11-20(4,5)6;7-8-6-4-2-1-3-5-6/h4-6,8-9,11,13,16H,7,10,12H2,1-3H3;12H,7-8,10H2,1-6H3;1-5,8H,7H2/t16-;12-;/m00./s1. The minimum atomic E-state index is -1.58. The van der Waals surface area contributed by atoms with Crippen LogP contribution in [0.2, 0.25) is 19.6 Å². The number of likely N-dealkylation sites (tertiary alicyclic amines) is 2. The van der Waals surface area contributed by atoms with E-state index < -0.39 is 31.4 Å². The molecule has 2 amide bonds. The van der Waals surface area contributed by atoms with Gasteiger partial charge in [0.25, 0.3) is 0 Å². The maximum absolute atomic E-state index is 12.4. The van der Waals surface area contributed by atoms with E-state index in [2.05, 4.69) is 41.6 Å². The van der Waals surface area contributed by atoms with Crippen LogP contribution < -0.4 is 11.3 Å². The van der Waals surface area contributed by atoms with E-state index in [9.17, 15) is 14.4 Å². The molecule has 12 heteroatoms. The zero-order valence-electron chi connectivity index (χ0n) is 31.7. The Balaban J connectivity index is 0.000000228. The summed E-state index contributed by atoms with van der Waals surface area (Å²) in [6.45, 7) is 18.7. The molecule has 0 aliphatic carbocycles. The third-order valence-electron chi connectivity index (χ3n) is 7.54. The van der Waals surface area contributed by atoms with E-state index in [0.29, 0.717) is 13.0 Å². The molecule has 5 rings (SSSR count). The molecule has 0 spiro atoms. The number of hydrogen-bond acceptors (Lipinski definition) is 8. The molecule has 276 valence electrons. The van der Waals surface area contributed by atoms with Gasteiger partial charge >= 0.3 is 12.2 Å². The van der Waals surface area contributed by atoms with Gasteiger partial charge in [-0.2, -0.15) is 5.10 Å². The number of carbonyl (C=O) groups is 3. The molecule has 0 radical (unpaired) electrons. The van der Waals surface area contributed by atoms with E-state index in [1.807, 2.05) is 119 Å². The van der Waals surface area contributed by atoms with Crippen LogP contribution in [0, 0.1) is 11.5 Å². The topological polar surface area (TPSA) is 132 Å². The monoisotopic (exact) mass is 716 g/mol. The van der Waals surface area contributed by atoms with Gasteiger partial charge in [0.2, 0.25) is 5.78 Å². The summed E-state index contributed by atoms with van der Waals surface area (Å²) in [5, 5.41) is 4.66. The molecule has 2 fully saturated rings. The number of Topliss-reactive ketones (excluding diaryl/α,β-unsaturated/α-hetero) is 1. The van der Waals surface area contributed by atoms with Crippen molar-refractivity contribution >= 4 is 31.7 Å². The molecule has 1 aromatic heterocycles. The van der Waals surface area contributed by atoms with E-state index in [4.69, 9.17) is 15.3 Å². The average Bonchev–Trinajstić information content (AvgIpc) is 3.84. The summed E-state index contributed by atoms with van der Waals surface area (Å²) in [4.78, 5) is 40.0. The third-order valence-corrected chi connectivity index (χ3v) is 8.41. The molecule has 2 aliphatic rings. The summed E-state index contributed by atoms with van der Waals surface area (Å²) >= 11 is 0. The van der Waals surface area contributed by atoms with Crippen molar-refractivity contribution < 1.29 is 23.9 Å². The number of hydrazine groups is 1. The van der Waals surface area contributed by atoms with Crippen molar-refractivity contribution in [1.29, 1.82) is 0 Å². The second kappa shape index (κ2) is 18.1. The highest BCUT2D eigenvalue weighted by molar-refractivity contribution is 6.84. The number of benzene rings is 2. The number of aromatic nitrogens is 2. The fourth-order valence-electron chi connectivity index (χ4n) is 5.30. The molecular formula is C39H56N6O5Si. The number of nitrogens with one attached hydrogen (secondary N) is 1. The minimum Gasteiger partial charge on any atom is -0.444 e. The molecule has 0 saturated carbocycles. The number of nitrogen functional groups attached to an aromatic ring is 1. The van der Waals surface area contributed by atoms with Gasteiger partial charge in [-0.1, -0.05) is 56.0 Å². The fourth-order valence-corrected chi connectivity index (χ4v) is 5.80. The normalized spacial score (nSPS) is 17.1. The van der Waals surface area contributed by atoms with E-state index in [1.165, 1.54) is 4.90 Å². The second-order valence-corrected chi connectivity index (χ2v) is 20.3.